The Kier molecular flexibility index (Phi) is 4.15. The van der Waals surface area contributed by atoms with Crippen LogP contribution in [-0.2, 0) is 23.2 Å². The van der Waals surface area contributed by atoms with E-state index in [4.69, 9.17) is 11.6 Å². The van der Waals surface area contributed by atoms with Crippen LogP contribution in [0.3, 0.4) is 0 Å². The molecule has 0 aliphatic carbocycles. The molecule has 1 aromatic rings. The van der Waals surface area contributed by atoms with Crippen LogP contribution in [0, 0.1) is 0 Å². The molecular formula is C13H18ClNO2. The molecule has 0 aliphatic rings. The Morgan fingerprint density at radius 2 is 1.94 bits per heavy atom. The van der Waals surface area contributed by atoms with Gasteiger partial charge in [-0.15, -0.1) is 0 Å². The zero-order valence-corrected chi connectivity index (χ0v) is 11.5. The molecule has 0 unspecified atom stereocenters. The van der Waals surface area contributed by atoms with E-state index in [0.717, 1.165) is 5.69 Å². The maximum absolute atomic E-state index is 12.2. The molecule has 0 amide bonds. The van der Waals surface area contributed by atoms with Gasteiger partial charge in [-0.05, 0) is 24.6 Å². The van der Waals surface area contributed by atoms with Gasteiger partial charge in [0.05, 0.1) is 6.42 Å². The smallest absolute Gasteiger partial charge is 0.254 e. The van der Waals surface area contributed by atoms with Gasteiger partial charge in [-0.3, -0.25) is 9.59 Å². The summed E-state index contributed by atoms with van der Waals surface area (Å²) in [5.41, 5.74) is 1.21. The maximum atomic E-state index is 12.2. The van der Waals surface area contributed by atoms with E-state index in [1.807, 2.05) is 13.0 Å². The van der Waals surface area contributed by atoms with Gasteiger partial charge in [-0.2, -0.15) is 0 Å². The van der Waals surface area contributed by atoms with Crippen molar-refractivity contribution in [3.05, 3.63) is 33.7 Å². The number of carbonyl (C=O) groups excluding carboxylic acids is 1. The van der Waals surface area contributed by atoms with E-state index in [2.05, 4.69) is 20.8 Å². The van der Waals surface area contributed by atoms with Crippen LogP contribution in [0.4, 0.5) is 0 Å². The molecular weight excluding hydrogens is 238 g/mol. The lowest BCUT2D eigenvalue weighted by Gasteiger charge is -2.24. The lowest BCUT2D eigenvalue weighted by atomic mass is 9.90. The van der Waals surface area contributed by atoms with Crippen LogP contribution in [0.25, 0.3) is 0 Å². The third-order valence-corrected chi connectivity index (χ3v) is 2.80. The number of hydrogen-bond donors (Lipinski definition) is 0. The minimum absolute atomic E-state index is 0.00912. The number of carbonyl (C=O) groups is 1. The maximum Gasteiger partial charge on any atom is 0.254 e. The van der Waals surface area contributed by atoms with Gasteiger partial charge in [-0.1, -0.05) is 26.8 Å². The van der Waals surface area contributed by atoms with E-state index in [-0.39, 0.29) is 17.4 Å². The first-order valence-electron chi connectivity index (χ1n) is 5.69. The summed E-state index contributed by atoms with van der Waals surface area (Å²) >= 11 is 5.32. The monoisotopic (exact) mass is 255 g/mol. The molecule has 0 aromatic carbocycles. The molecule has 0 bridgehead atoms. The van der Waals surface area contributed by atoms with Gasteiger partial charge < -0.3 is 4.57 Å². The first-order valence-corrected chi connectivity index (χ1v) is 6.06. The van der Waals surface area contributed by atoms with E-state index in [1.165, 1.54) is 0 Å². The van der Waals surface area contributed by atoms with Crippen molar-refractivity contribution in [3.8, 4) is 0 Å². The lowest BCUT2D eigenvalue weighted by molar-refractivity contribution is -0.111. The number of pyridine rings is 1. The second-order valence-corrected chi connectivity index (χ2v) is 5.50. The number of nitrogens with zero attached hydrogens (tertiary/aromatic N) is 1. The summed E-state index contributed by atoms with van der Waals surface area (Å²) in [5.74, 6) is 0. The normalized spacial score (nSPS) is 11.6. The van der Waals surface area contributed by atoms with E-state index < -0.39 is 5.24 Å². The van der Waals surface area contributed by atoms with Gasteiger partial charge in [0.15, 0.2) is 0 Å². The van der Waals surface area contributed by atoms with Gasteiger partial charge >= 0.3 is 0 Å². The molecule has 1 aromatic heterocycles. The molecule has 0 radical (unpaired) electrons. The Balaban J connectivity index is 3.38. The van der Waals surface area contributed by atoms with Gasteiger partial charge in [0.1, 0.15) is 0 Å². The average Bonchev–Trinajstić information content (AvgIpc) is 2.18. The number of rotatable bonds is 3. The Bertz CT molecular complexity index is 483. The van der Waals surface area contributed by atoms with Crippen molar-refractivity contribution in [3.63, 3.8) is 0 Å². The average molecular weight is 256 g/mol. The molecule has 4 heteroatoms. The van der Waals surface area contributed by atoms with E-state index >= 15 is 0 Å². The SMILES string of the molecule is CCn1c(C(C)(C)C)ccc(CC(=O)Cl)c1=O. The minimum Gasteiger partial charge on any atom is -0.312 e. The first-order chi connectivity index (χ1) is 7.77. The summed E-state index contributed by atoms with van der Waals surface area (Å²) in [6.07, 6.45) is -0.00912. The minimum atomic E-state index is -0.506. The Morgan fingerprint density at radius 1 is 1.35 bits per heavy atom. The van der Waals surface area contributed by atoms with E-state index in [1.54, 1.807) is 10.6 Å². The molecule has 1 heterocycles. The summed E-state index contributed by atoms with van der Waals surface area (Å²) in [5, 5.41) is -0.506. The van der Waals surface area contributed by atoms with Crippen molar-refractivity contribution >= 4 is 16.8 Å². The molecule has 0 saturated carbocycles. The van der Waals surface area contributed by atoms with Crippen LogP contribution in [0.1, 0.15) is 39.0 Å². The van der Waals surface area contributed by atoms with Crippen molar-refractivity contribution in [1.29, 1.82) is 0 Å². The molecule has 0 N–H and O–H groups in total. The van der Waals surface area contributed by atoms with Crippen LogP contribution in [-0.4, -0.2) is 9.81 Å². The summed E-state index contributed by atoms with van der Waals surface area (Å²) in [7, 11) is 0. The molecule has 0 saturated heterocycles. The molecule has 17 heavy (non-hydrogen) atoms. The zero-order valence-electron chi connectivity index (χ0n) is 10.7. The fourth-order valence-electron chi connectivity index (χ4n) is 1.88. The fraction of sp³-hybridized carbons (Fsp3) is 0.538. The standard InChI is InChI=1S/C13H18ClNO2/c1-5-15-10(13(2,3)4)7-6-9(12(15)17)8-11(14)16/h6-7H,5,8H2,1-4H3. The van der Waals surface area contributed by atoms with Crippen molar-refractivity contribution in [2.75, 3.05) is 0 Å². The Hall–Kier alpha value is -1.09. The van der Waals surface area contributed by atoms with Crippen LogP contribution in [0.15, 0.2) is 16.9 Å². The second-order valence-electron chi connectivity index (χ2n) is 5.08. The molecule has 1 rings (SSSR count). The van der Waals surface area contributed by atoms with Gasteiger partial charge in [0.2, 0.25) is 5.24 Å². The van der Waals surface area contributed by atoms with Crippen LogP contribution >= 0.6 is 11.6 Å². The van der Waals surface area contributed by atoms with E-state index in [0.29, 0.717) is 12.1 Å². The summed E-state index contributed by atoms with van der Waals surface area (Å²) in [4.78, 5) is 23.0. The molecule has 3 nitrogen and oxygen atoms in total. The zero-order chi connectivity index (χ0) is 13.2. The largest absolute Gasteiger partial charge is 0.312 e. The van der Waals surface area contributed by atoms with Crippen molar-refractivity contribution in [2.45, 2.75) is 46.1 Å². The summed E-state index contributed by atoms with van der Waals surface area (Å²) in [6, 6.07) is 3.61. The topological polar surface area (TPSA) is 39.1 Å². The van der Waals surface area contributed by atoms with Crippen LogP contribution in [0.5, 0.6) is 0 Å². The Morgan fingerprint density at radius 3 is 2.35 bits per heavy atom. The van der Waals surface area contributed by atoms with Crippen LogP contribution in [0.2, 0.25) is 0 Å². The summed E-state index contributed by atoms with van der Waals surface area (Å²) < 4.78 is 1.70. The summed E-state index contributed by atoms with van der Waals surface area (Å²) in [6.45, 7) is 8.68. The molecule has 0 spiro atoms. The van der Waals surface area contributed by atoms with Crippen molar-refractivity contribution in [2.24, 2.45) is 0 Å². The number of halogens is 1. The first kappa shape index (κ1) is 14.0. The molecule has 0 aliphatic heterocycles. The molecule has 0 atom stereocenters. The van der Waals surface area contributed by atoms with E-state index in [9.17, 15) is 9.59 Å². The number of aromatic nitrogens is 1. The van der Waals surface area contributed by atoms with Crippen molar-refractivity contribution < 1.29 is 4.79 Å². The second kappa shape index (κ2) is 5.05. The number of hydrogen-bond acceptors (Lipinski definition) is 2. The quantitative estimate of drug-likeness (QED) is 0.779. The Labute approximate surface area is 106 Å². The molecule has 0 fully saturated rings. The van der Waals surface area contributed by atoms with Crippen molar-refractivity contribution in [1.82, 2.24) is 4.57 Å². The van der Waals surface area contributed by atoms with Crippen LogP contribution < -0.4 is 5.56 Å². The van der Waals surface area contributed by atoms with Gasteiger partial charge in [0.25, 0.3) is 5.56 Å². The third kappa shape index (κ3) is 3.19. The molecule has 94 valence electrons. The predicted octanol–water partition coefficient (Wildman–Crippen LogP) is 2.47. The highest BCUT2D eigenvalue weighted by molar-refractivity contribution is 6.63. The highest BCUT2D eigenvalue weighted by Gasteiger charge is 2.19. The van der Waals surface area contributed by atoms with Gasteiger partial charge in [-0.25, -0.2) is 0 Å². The highest BCUT2D eigenvalue weighted by Crippen LogP contribution is 2.21. The lowest BCUT2D eigenvalue weighted by Crippen LogP contribution is -2.31. The highest BCUT2D eigenvalue weighted by atomic mass is 35.5. The third-order valence-electron chi connectivity index (χ3n) is 2.67. The predicted molar refractivity (Wildman–Crippen MR) is 69.6 cm³/mol. The van der Waals surface area contributed by atoms with Gasteiger partial charge in [0, 0.05) is 23.2 Å². The fourth-order valence-corrected chi connectivity index (χ4v) is 2.02.